The van der Waals surface area contributed by atoms with Crippen LogP contribution in [-0.2, 0) is 21.4 Å². The summed E-state index contributed by atoms with van der Waals surface area (Å²) in [5.74, 6) is -0.190. The molecule has 0 spiro atoms. The molecule has 0 radical (unpaired) electrons. The van der Waals surface area contributed by atoms with E-state index in [0.717, 1.165) is 41.9 Å². The van der Waals surface area contributed by atoms with E-state index in [1.165, 1.54) is 10.7 Å². The topological polar surface area (TPSA) is 108 Å². The second-order valence-electron chi connectivity index (χ2n) is 7.07. The molecule has 0 atom stereocenters. The van der Waals surface area contributed by atoms with Gasteiger partial charge in [-0.2, -0.15) is 4.31 Å². The van der Waals surface area contributed by atoms with Gasteiger partial charge in [-0.25, -0.2) is 13.2 Å². The Morgan fingerprint density at radius 3 is 2.45 bits per heavy atom. The van der Waals surface area contributed by atoms with Crippen LogP contribution in [0.25, 0.3) is 0 Å². The Kier molecular flexibility index (Phi) is 9.38. The first-order valence-corrected chi connectivity index (χ1v) is 12.5. The third-order valence-electron chi connectivity index (χ3n) is 4.97. The molecule has 0 bridgehead atoms. The minimum Gasteiger partial charge on any atom is -0.351 e. The van der Waals surface area contributed by atoms with Crippen LogP contribution >= 0.6 is 11.3 Å². The SMILES string of the molecule is CCN(CC)S(=O)(=O)c1ccc(CNC(=O)CCNC(=O)NC2CCCCC2)s1. The summed E-state index contributed by atoms with van der Waals surface area (Å²) in [6.07, 6.45) is 5.73. The van der Waals surface area contributed by atoms with Gasteiger partial charge in [0.2, 0.25) is 5.91 Å². The second-order valence-corrected chi connectivity index (χ2v) is 10.4. The van der Waals surface area contributed by atoms with Crippen molar-refractivity contribution >= 4 is 33.3 Å². The van der Waals surface area contributed by atoms with E-state index < -0.39 is 10.0 Å². The molecule has 1 heterocycles. The zero-order valence-corrected chi connectivity index (χ0v) is 18.8. The van der Waals surface area contributed by atoms with Crippen LogP contribution in [0, 0.1) is 0 Å². The number of carbonyl (C=O) groups is 2. The third kappa shape index (κ3) is 7.27. The van der Waals surface area contributed by atoms with Crippen molar-refractivity contribution in [1.82, 2.24) is 20.3 Å². The summed E-state index contributed by atoms with van der Waals surface area (Å²) >= 11 is 1.16. The van der Waals surface area contributed by atoms with Gasteiger partial charge < -0.3 is 16.0 Å². The number of nitrogens with one attached hydrogen (secondary N) is 3. The molecule has 10 heteroatoms. The van der Waals surface area contributed by atoms with Gasteiger partial charge in [0.15, 0.2) is 0 Å². The van der Waals surface area contributed by atoms with Crippen molar-refractivity contribution in [2.24, 2.45) is 0 Å². The maximum atomic E-state index is 12.5. The highest BCUT2D eigenvalue weighted by Crippen LogP contribution is 2.24. The molecule has 29 heavy (non-hydrogen) atoms. The third-order valence-corrected chi connectivity index (χ3v) is 8.58. The normalized spacial score (nSPS) is 15.3. The van der Waals surface area contributed by atoms with E-state index in [1.807, 2.05) is 0 Å². The average Bonchev–Trinajstić information content (AvgIpc) is 3.18. The largest absolute Gasteiger partial charge is 0.351 e. The summed E-state index contributed by atoms with van der Waals surface area (Å²) < 4.78 is 26.7. The highest BCUT2D eigenvalue weighted by molar-refractivity contribution is 7.91. The van der Waals surface area contributed by atoms with E-state index in [0.29, 0.717) is 13.1 Å². The van der Waals surface area contributed by atoms with Gasteiger partial charge in [0.05, 0.1) is 6.54 Å². The van der Waals surface area contributed by atoms with Crippen LogP contribution < -0.4 is 16.0 Å². The molecule has 0 unspecified atom stereocenters. The Labute approximate surface area is 177 Å². The van der Waals surface area contributed by atoms with E-state index in [4.69, 9.17) is 0 Å². The number of sulfonamides is 1. The van der Waals surface area contributed by atoms with Gasteiger partial charge in [-0.15, -0.1) is 11.3 Å². The van der Waals surface area contributed by atoms with Gasteiger partial charge in [0.25, 0.3) is 10.0 Å². The van der Waals surface area contributed by atoms with Gasteiger partial charge in [0, 0.05) is 37.0 Å². The second kappa shape index (κ2) is 11.5. The Hall–Kier alpha value is -1.65. The molecule has 0 aromatic carbocycles. The molecule has 2 rings (SSSR count). The zero-order valence-electron chi connectivity index (χ0n) is 17.2. The van der Waals surface area contributed by atoms with E-state index in [1.54, 1.807) is 26.0 Å². The number of carbonyl (C=O) groups excluding carboxylic acids is 2. The smallest absolute Gasteiger partial charge is 0.315 e. The molecule has 1 aliphatic rings. The van der Waals surface area contributed by atoms with Crippen LogP contribution in [0.5, 0.6) is 0 Å². The number of hydrogen-bond acceptors (Lipinski definition) is 5. The molecule has 3 N–H and O–H groups in total. The van der Waals surface area contributed by atoms with E-state index in [-0.39, 0.29) is 41.7 Å². The predicted molar refractivity (Wildman–Crippen MR) is 114 cm³/mol. The number of amides is 3. The first-order valence-electron chi connectivity index (χ1n) is 10.3. The lowest BCUT2D eigenvalue weighted by molar-refractivity contribution is -0.121. The molecular formula is C19H32N4O4S2. The quantitative estimate of drug-likeness (QED) is 0.515. The maximum absolute atomic E-state index is 12.5. The molecule has 1 aliphatic carbocycles. The Morgan fingerprint density at radius 1 is 1.10 bits per heavy atom. The zero-order chi connectivity index (χ0) is 21.3. The minimum atomic E-state index is -3.47. The van der Waals surface area contributed by atoms with Crippen molar-refractivity contribution < 1.29 is 18.0 Å². The molecule has 8 nitrogen and oxygen atoms in total. The lowest BCUT2D eigenvalue weighted by Crippen LogP contribution is -2.43. The van der Waals surface area contributed by atoms with Gasteiger partial charge in [-0.1, -0.05) is 33.1 Å². The fraction of sp³-hybridized carbons (Fsp3) is 0.684. The first kappa shape index (κ1) is 23.6. The highest BCUT2D eigenvalue weighted by atomic mass is 32.2. The Balaban J connectivity index is 1.70. The molecule has 1 aromatic rings. The summed E-state index contributed by atoms with van der Waals surface area (Å²) in [6, 6.07) is 3.31. The van der Waals surface area contributed by atoms with Crippen molar-refractivity contribution in [3.63, 3.8) is 0 Å². The maximum Gasteiger partial charge on any atom is 0.315 e. The average molecular weight is 445 g/mol. The Bertz CT molecular complexity index is 769. The van der Waals surface area contributed by atoms with Crippen LogP contribution in [0.2, 0.25) is 0 Å². The molecule has 1 saturated carbocycles. The van der Waals surface area contributed by atoms with Gasteiger partial charge in [-0.3, -0.25) is 4.79 Å². The summed E-state index contributed by atoms with van der Waals surface area (Å²) in [5.41, 5.74) is 0. The van der Waals surface area contributed by atoms with Crippen LogP contribution in [0.4, 0.5) is 4.79 Å². The number of hydrogen-bond donors (Lipinski definition) is 3. The van der Waals surface area contributed by atoms with Crippen molar-refractivity contribution in [3.05, 3.63) is 17.0 Å². The van der Waals surface area contributed by atoms with Crippen molar-refractivity contribution in [2.75, 3.05) is 19.6 Å². The van der Waals surface area contributed by atoms with Crippen molar-refractivity contribution in [3.8, 4) is 0 Å². The fourth-order valence-electron chi connectivity index (χ4n) is 3.33. The van der Waals surface area contributed by atoms with E-state index >= 15 is 0 Å². The number of nitrogens with zero attached hydrogens (tertiary/aromatic N) is 1. The predicted octanol–water partition coefficient (Wildman–Crippen LogP) is 2.42. The van der Waals surface area contributed by atoms with Gasteiger partial charge >= 0.3 is 6.03 Å². The van der Waals surface area contributed by atoms with Crippen LogP contribution in [-0.4, -0.2) is 50.3 Å². The molecule has 1 aromatic heterocycles. The molecule has 0 aliphatic heterocycles. The lowest BCUT2D eigenvalue weighted by atomic mass is 9.96. The number of rotatable bonds is 10. The van der Waals surface area contributed by atoms with E-state index in [9.17, 15) is 18.0 Å². The Morgan fingerprint density at radius 2 is 1.79 bits per heavy atom. The van der Waals surface area contributed by atoms with Crippen LogP contribution in [0.15, 0.2) is 16.3 Å². The monoisotopic (exact) mass is 444 g/mol. The van der Waals surface area contributed by atoms with Gasteiger partial charge in [-0.05, 0) is 25.0 Å². The standard InChI is InChI=1S/C19H32N4O4S2/c1-3-23(4-2)29(26,27)18-11-10-16(28-18)14-21-17(24)12-13-20-19(25)22-15-8-6-5-7-9-15/h10-11,15H,3-9,12-14H2,1-2H3,(H,21,24)(H2,20,22,25). The van der Waals surface area contributed by atoms with Gasteiger partial charge in [0.1, 0.15) is 4.21 Å². The van der Waals surface area contributed by atoms with Crippen molar-refractivity contribution in [1.29, 1.82) is 0 Å². The molecular weight excluding hydrogens is 412 g/mol. The summed E-state index contributed by atoms with van der Waals surface area (Å²) in [4.78, 5) is 24.6. The molecule has 0 saturated heterocycles. The summed E-state index contributed by atoms with van der Waals surface area (Å²) in [5, 5.41) is 8.43. The van der Waals surface area contributed by atoms with E-state index in [2.05, 4.69) is 16.0 Å². The number of urea groups is 1. The van der Waals surface area contributed by atoms with Crippen LogP contribution in [0.3, 0.4) is 0 Å². The fourth-order valence-corrected chi connectivity index (χ4v) is 6.24. The molecule has 1 fully saturated rings. The summed E-state index contributed by atoms with van der Waals surface area (Å²) in [6.45, 7) is 4.98. The van der Waals surface area contributed by atoms with Crippen LogP contribution in [0.1, 0.15) is 57.2 Å². The minimum absolute atomic E-state index is 0.175. The molecule has 164 valence electrons. The van der Waals surface area contributed by atoms with Crippen molar-refractivity contribution in [2.45, 2.75) is 69.2 Å². The molecule has 3 amide bonds. The lowest BCUT2D eigenvalue weighted by Gasteiger charge is -2.22. The number of thiophene rings is 1. The highest BCUT2D eigenvalue weighted by Gasteiger charge is 2.23. The first-order chi connectivity index (χ1) is 13.9. The summed E-state index contributed by atoms with van der Waals surface area (Å²) in [7, 11) is -3.47.